The average Bonchev–Trinajstić information content (AvgIpc) is 3.39. The molecule has 0 saturated carbocycles. The molecule has 1 atom stereocenters. The lowest BCUT2D eigenvalue weighted by molar-refractivity contribution is -0.116. The molecule has 1 aliphatic heterocycles. The van der Waals surface area contributed by atoms with Crippen molar-refractivity contribution in [3.05, 3.63) is 59.3 Å². The number of aromatic nitrogens is 3. The highest BCUT2D eigenvalue weighted by Crippen LogP contribution is 2.43. The highest BCUT2D eigenvalue weighted by Gasteiger charge is 2.34. The standard InChI is InChI=1S/C25H26N4O3S/c1-4-5-12-32-20-9-7-6-8-17(20)18-14-22(30)27-24-23(18)15(2)28-29(24)25-26-19-11-10-16(31-3)13-21(19)33-25/h6-11,13,18H,4-5,12,14H2,1-3H3,(H,27,30). The van der Waals surface area contributed by atoms with Gasteiger partial charge in [-0.2, -0.15) is 9.78 Å². The van der Waals surface area contributed by atoms with Crippen LogP contribution in [0.25, 0.3) is 15.3 Å². The molecule has 1 unspecified atom stereocenters. The monoisotopic (exact) mass is 462 g/mol. The Balaban J connectivity index is 1.59. The Morgan fingerprint density at radius 3 is 2.91 bits per heavy atom. The second-order valence-electron chi connectivity index (χ2n) is 8.13. The molecule has 2 aromatic carbocycles. The second kappa shape index (κ2) is 8.86. The first-order valence-corrected chi connectivity index (χ1v) is 12.0. The summed E-state index contributed by atoms with van der Waals surface area (Å²) in [5, 5.41) is 8.55. The molecule has 8 heteroatoms. The predicted molar refractivity (Wildman–Crippen MR) is 130 cm³/mol. The van der Waals surface area contributed by atoms with Crippen LogP contribution in [0, 0.1) is 6.92 Å². The molecule has 3 heterocycles. The molecule has 0 saturated heterocycles. The summed E-state index contributed by atoms with van der Waals surface area (Å²) in [6.07, 6.45) is 2.41. The fraction of sp³-hybridized carbons (Fsp3) is 0.320. The number of para-hydroxylation sites is 1. The van der Waals surface area contributed by atoms with Crippen molar-refractivity contribution in [1.82, 2.24) is 14.8 Å². The van der Waals surface area contributed by atoms with Crippen LogP contribution in [0.4, 0.5) is 5.82 Å². The van der Waals surface area contributed by atoms with Crippen molar-refractivity contribution in [3.63, 3.8) is 0 Å². The number of carbonyl (C=O) groups is 1. The van der Waals surface area contributed by atoms with E-state index in [1.54, 1.807) is 11.8 Å². The number of hydrogen-bond donors (Lipinski definition) is 1. The van der Waals surface area contributed by atoms with E-state index in [1.165, 1.54) is 11.3 Å². The number of carbonyl (C=O) groups excluding carboxylic acids is 1. The van der Waals surface area contributed by atoms with Gasteiger partial charge in [0.2, 0.25) is 11.0 Å². The maximum atomic E-state index is 12.8. The van der Waals surface area contributed by atoms with Crippen LogP contribution in [-0.2, 0) is 4.79 Å². The Morgan fingerprint density at radius 2 is 2.09 bits per heavy atom. The zero-order valence-corrected chi connectivity index (χ0v) is 19.7. The van der Waals surface area contributed by atoms with Crippen LogP contribution in [-0.4, -0.2) is 34.4 Å². The maximum Gasteiger partial charge on any atom is 0.226 e. The number of unbranched alkanes of at least 4 members (excludes halogenated alkanes) is 1. The first kappa shape index (κ1) is 21.5. The van der Waals surface area contributed by atoms with Gasteiger partial charge in [0.25, 0.3) is 0 Å². The number of rotatable bonds is 7. The first-order chi connectivity index (χ1) is 16.1. The number of ether oxygens (including phenoxy) is 2. The van der Waals surface area contributed by atoms with E-state index < -0.39 is 0 Å². The summed E-state index contributed by atoms with van der Waals surface area (Å²) in [6.45, 7) is 4.78. The number of hydrogen-bond acceptors (Lipinski definition) is 6. The Morgan fingerprint density at radius 1 is 1.24 bits per heavy atom. The van der Waals surface area contributed by atoms with Crippen LogP contribution in [0.2, 0.25) is 0 Å². The van der Waals surface area contributed by atoms with Crippen molar-refractivity contribution in [1.29, 1.82) is 0 Å². The fourth-order valence-electron chi connectivity index (χ4n) is 4.29. The van der Waals surface area contributed by atoms with Crippen LogP contribution in [0.15, 0.2) is 42.5 Å². The minimum Gasteiger partial charge on any atom is -0.497 e. The van der Waals surface area contributed by atoms with Gasteiger partial charge in [-0.1, -0.05) is 42.9 Å². The third-order valence-electron chi connectivity index (χ3n) is 5.92. The number of nitrogens with one attached hydrogen (secondary N) is 1. The molecule has 0 radical (unpaired) electrons. The summed E-state index contributed by atoms with van der Waals surface area (Å²) in [7, 11) is 1.65. The largest absolute Gasteiger partial charge is 0.497 e. The van der Waals surface area contributed by atoms with E-state index >= 15 is 0 Å². The number of methoxy groups -OCH3 is 1. The quantitative estimate of drug-likeness (QED) is 0.370. The van der Waals surface area contributed by atoms with Crippen molar-refractivity contribution < 1.29 is 14.3 Å². The van der Waals surface area contributed by atoms with Gasteiger partial charge in [-0.3, -0.25) is 4.79 Å². The van der Waals surface area contributed by atoms with Crippen molar-refractivity contribution >= 4 is 33.3 Å². The topological polar surface area (TPSA) is 78.3 Å². The van der Waals surface area contributed by atoms with E-state index in [4.69, 9.17) is 19.6 Å². The zero-order chi connectivity index (χ0) is 22.9. The Bertz CT molecular complexity index is 1330. The Kier molecular flexibility index (Phi) is 5.76. The third-order valence-corrected chi connectivity index (χ3v) is 6.91. The highest BCUT2D eigenvalue weighted by atomic mass is 32.1. The number of aryl methyl sites for hydroxylation is 1. The highest BCUT2D eigenvalue weighted by molar-refractivity contribution is 7.20. The van der Waals surface area contributed by atoms with E-state index in [0.717, 1.165) is 51.4 Å². The molecule has 1 amide bonds. The third kappa shape index (κ3) is 3.95. The van der Waals surface area contributed by atoms with Gasteiger partial charge < -0.3 is 14.8 Å². The molecule has 0 bridgehead atoms. The van der Waals surface area contributed by atoms with Gasteiger partial charge in [-0.25, -0.2) is 4.98 Å². The lowest BCUT2D eigenvalue weighted by Crippen LogP contribution is -2.25. The van der Waals surface area contributed by atoms with Crippen LogP contribution in [0.3, 0.4) is 0 Å². The van der Waals surface area contributed by atoms with Crippen LogP contribution in [0.5, 0.6) is 11.5 Å². The molecule has 2 aromatic heterocycles. The molecule has 0 aliphatic carbocycles. The molecule has 33 heavy (non-hydrogen) atoms. The lowest BCUT2D eigenvalue weighted by atomic mass is 9.85. The SMILES string of the molecule is CCCCOc1ccccc1C1CC(=O)Nc2c1c(C)nn2-c1nc2ccc(OC)cc2s1. The van der Waals surface area contributed by atoms with E-state index in [9.17, 15) is 4.79 Å². The summed E-state index contributed by atoms with van der Waals surface area (Å²) in [5.74, 6) is 2.12. The molecular weight excluding hydrogens is 436 g/mol. The van der Waals surface area contributed by atoms with Gasteiger partial charge in [0.05, 0.1) is 29.6 Å². The Hall–Kier alpha value is -3.39. The van der Waals surface area contributed by atoms with Gasteiger partial charge >= 0.3 is 0 Å². The number of thiazole rings is 1. The molecule has 4 aromatic rings. The number of amides is 1. The molecule has 0 spiro atoms. The molecule has 0 fully saturated rings. The number of benzene rings is 2. The average molecular weight is 463 g/mol. The summed E-state index contributed by atoms with van der Waals surface area (Å²) >= 11 is 1.51. The summed E-state index contributed by atoms with van der Waals surface area (Å²) in [6, 6.07) is 13.8. The molecular formula is C25H26N4O3S. The van der Waals surface area contributed by atoms with Crippen LogP contribution in [0.1, 0.15) is 48.9 Å². The van der Waals surface area contributed by atoms with E-state index in [1.807, 2.05) is 43.3 Å². The van der Waals surface area contributed by atoms with Gasteiger partial charge in [0.1, 0.15) is 17.3 Å². The molecule has 1 aliphatic rings. The van der Waals surface area contributed by atoms with E-state index in [2.05, 4.69) is 18.3 Å². The first-order valence-electron chi connectivity index (χ1n) is 11.1. The lowest BCUT2D eigenvalue weighted by Gasteiger charge is -2.25. The summed E-state index contributed by atoms with van der Waals surface area (Å²) < 4.78 is 14.2. The smallest absolute Gasteiger partial charge is 0.226 e. The fourth-order valence-corrected chi connectivity index (χ4v) is 5.24. The van der Waals surface area contributed by atoms with Gasteiger partial charge in [-0.05, 0) is 37.6 Å². The minimum absolute atomic E-state index is 0.0419. The normalized spacial score (nSPS) is 15.4. The number of fused-ring (bicyclic) bond motifs is 2. The second-order valence-corrected chi connectivity index (χ2v) is 9.14. The molecule has 170 valence electrons. The number of anilines is 1. The summed E-state index contributed by atoms with van der Waals surface area (Å²) in [5.41, 5.74) is 3.76. The molecule has 7 nitrogen and oxygen atoms in total. The zero-order valence-electron chi connectivity index (χ0n) is 18.9. The molecule has 1 N–H and O–H groups in total. The summed E-state index contributed by atoms with van der Waals surface area (Å²) in [4.78, 5) is 17.6. The number of nitrogens with zero attached hydrogens (tertiary/aromatic N) is 3. The van der Waals surface area contributed by atoms with Crippen molar-refractivity contribution in [2.24, 2.45) is 0 Å². The van der Waals surface area contributed by atoms with Gasteiger partial charge in [0, 0.05) is 23.5 Å². The van der Waals surface area contributed by atoms with Crippen molar-refractivity contribution in [3.8, 4) is 16.6 Å². The minimum atomic E-state index is -0.130. The van der Waals surface area contributed by atoms with E-state index in [0.29, 0.717) is 24.0 Å². The molecule has 5 rings (SSSR count). The van der Waals surface area contributed by atoms with Crippen molar-refractivity contribution in [2.45, 2.75) is 39.0 Å². The predicted octanol–water partition coefficient (Wildman–Crippen LogP) is 5.45. The van der Waals surface area contributed by atoms with E-state index in [-0.39, 0.29) is 11.8 Å². The Labute approximate surface area is 196 Å². The van der Waals surface area contributed by atoms with Crippen LogP contribution < -0.4 is 14.8 Å². The van der Waals surface area contributed by atoms with Crippen molar-refractivity contribution in [2.75, 3.05) is 19.0 Å². The van der Waals surface area contributed by atoms with Gasteiger partial charge in [-0.15, -0.1) is 0 Å². The van der Waals surface area contributed by atoms with Crippen LogP contribution >= 0.6 is 11.3 Å². The maximum absolute atomic E-state index is 12.8. The van der Waals surface area contributed by atoms with Gasteiger partial charge in [0.15, 0.2) is 0 Å².